The van der Waals surface area contributed by atoms with Crippen molar-refractivity contribution in [2.45, 2.75) is 63.3 Å². The van der Waals surface area contributed by atoms with Gasteiger partial charge < -0.3 is 9.64 Å². The number of hydrogen-bond donors (Lipinski definition) is 1. The molecule has 0 aromatic heterocycles. The molecule has 1 N–H and O–H groups in total. The van der Waals surface area contributed by atoms with Crippen molar-refractivity contribution >= 4 is 15.7 Å². The van der Waals surface area contributed by atoms with E-state index in [9.17, 15) is 8.42 Å². The van der Waals surface area contributed by atoms with Crippen LogP contribution >= 0.6 is 0 Å². The summed E-state index contributed by atoms with van der Waals surface area (Å²) in [5.41, 5.74) is 4.49. The minimum atomic E-state index is -3.71. The Balaban J connectivity index is 1.52. The van der Waals surface area contributed by atoms with Gasteiger partial charge in [-0.1, -0.05) is 19.1 Å². The summed E-state index contributed by atoms with van der Waals surface area (Å²) in [5, 5.41) is 0. The van der Waals surface area contributed by atoms with Gasteiger partial charge in [-0.2, -0.15) is 0 Å². The van der Waals surface area contributed by atoms with Crippen LogP contribution in [0.5, 0.6) is 5.75 Å². The second-order valence-corrected chi connectivity index (χ2v) is 10.8. The summed E-state index contributed by atoms with van der Waals surface area (Å²) in [6.07, 6.45) is 6.67. The second-order valence-electron chi connectivity index (χ2n) is 9.11. The average molecular weight is 443 g/mol. The fraction of sp³-hybridized carbons (Fsp3) is 0.520. The third kappa shape index (κ3) is 4.90. The molecule has 2 aliphatic rings. The predicted octanol–water partition coefficient (Wildman–Crippen LogP) is 4.85. The van der Waals surface area contributed by atoms with E-state index in [1.807, 2.05) is 31.2 Å². The molecule has 168 valence electrons. The average Bonchev–Trinajstić information content (AvgIpc) is 2.78. The van der Waals surface area contributed by atoms with Crippen molar-refractivity contribution in [3.8, 4) is 5.75 Å². The minimum Gasteiger partial charge on any atom is -0.495 e. The van der Waals surface area contributed by atoms with Gasteiger partial charge in [-0.05, 0) is 92.3 Å². The minimum absolute atomic E-state index is 0.237. The Labute approximate surface area is 186 Å². The van der Waals surface area contributed by atoms with Gasteiger partial charge in [-0.15, -0.1) is 0 Å². The Bertz CT molecular complexity index is 1020. The van der Waals surface area contributed by atoms with E-state index in [4.69, 9.17) is 4.74 Å². The molecule has 0 radical (unpaired) electrons. The van der Waals surface area contributed by atoms with E-state index in [-0.39, 0.29) is 10.9 Å². The first-order valence-electron chi connectivity index (χ1n) is 11.4. The van der Waals surface area contributed by atoms with E-state index in [2.05, 4.69) is 28.7 Å². The number of nitrogens with zero attached hydrogens (tertiary/aromatic N) is 1. The summed E-state index contributed by atoms with van der Waals surface area (Å²) in [5.74, 6) is 1.14. The van der Waals surface area contributed by atoms with Gasteiger partial charge in [-0.3, -0.25) is 0 Å². The molecule has 4 rings (SSSR count). The number of piperidine rings is 1. The third-order valence-electron chi connectivity index (χ3n) is 6.66. The summed E-state index contributed by atoms with van der Waals surface area (Å²) < 4.78 is 34.8. The quantitative estimate of drug-likeness (QED) is 0.695. The van der Waals surface area contributed by atoms with Gasteiger partial charge >= 0.3 is 0 Å². The molecule has 1 saturated heterocycles. The van der Waals surface area contributed by atoms with E-state index in [1.165, 1.54) is 31.2 Å². The van der Waals surface area contributed by atoms with Gasteiger partial charge in [0.2, 0.25) is 10.0 Å². The Hall–Kier alpha value is -2.05. The fourth-order valence-electron chi connectivity index (χ4n) is 4.87. The molecule has 1 aliphatic carbocycles. The molecule has 0 saturated carbocycles. The van der Waals surface area contributed by atoms with Crippen LogP contribution in [0.4, 0.5) is 5.69 Å². The van der Waals surface area contributed by atoms with E-state index in [0.717, 1.165) is 49.9 Å². The van der Waals surface area contributed by atoms with Gasteiger partial charge in [0.15, 0.2) is 0 Å². The van der Waals surface area contributed by atoms with Crippen LogP contribution in [-0.2, 0) is 22.9 Å². The summed E-state index contributed by atoms with van der Waals surface area (Å²) in [6.45, 7) is 6.36. The lowest BCUT2D eigenvalue weighted by atomic mass is 9.92. The van der Waals surface area contributed by atoms with Crippen LogP contribution in [0.15, 0.2) is 41.3 Å². The number of benzene rings is 2. The molecule has 0 unspecified atom stereocenters. The zero-order chi connectivity index (χ0) is 22.0. The number of ether oxygens (including phenoxy) is 1. The van der Waals surface area contributed by atoms with Crippen molar-refractivity contribution < 1.29 is 13.2 Å². The van der Waals surface area contributed by atoms with Crippen molar-refractivity contribution in [2.24, 2.45) is 5.92 Å². The van der Waals surface area contributed by atoms with Crippen LogP contribution in [0.3, 0.4) is 0 Å². The molecule has 5 nitrogen and oxygen atoms in total. The first kappa shape index (κ1) is 22.2. The summed E-state index contributed by atoms with van der Waals surface area (Å²) >= 11 is 0. The molecule has 0 bridgehead atoms. The lowest BCUT2D eigenvalue weighted by Crippen LogP contribution is -2.34. The molecular formula is C25H34N2O3S. The number of methoxy groups -OCH3 is 1. The highest BCUT2D eigenvalue weighted by Crippen LogP contribution is 2.33. The lowest BCUT2D eigenvalue weighted by Gasteiger charge is -2.33. The highest BCUT2D eigenvalue weighted by atomic mass is 32.2. The highest BCUT2D eigenvalue weighted by molar-refractivity contribution is 7.89. The van der Waals surface area contributed by atoms with Gasteiger partial charge in [-0.25, -0.2) is 13.1 Å². The van der Waals surface area contributed by atoms with Crippen LogP contribution in [0, 0.1) is 5.92 Å². The van der Waals surface area contributed by atoms with Crippen LogP contribution in [0.2, 0.25) is 0 Å². The van der Waals surface area contributed by atoms with Crippen LogP contribution in [0.1, 0.15) is 62.3 Å². The summed E-state index contributed by atoms with van der Waals surface area (Å²) in [4.78, 5) is 2.66. The zero-order valence-corrected chi connectivity index (χ0v) is 19.7. The van der Waals surface area contributed by atoms with Crippen LogP contribution in [-0.4, -0.2) is 28.6 Å². The smallest absolute Gasteiger partial charge is 0.244 e. The molecule has 0 spiro atoms. The number of rotatable bonds is 6. The van der Waals surface area contributed by atoms with Crippen molar-refractivity contribution in [3.05, 3.63) is 53.1 Å². The van der Waals surface area contributed by atoms with Crippen molar-refractivity contribution in [1.82, 2.24) is 4.72 Å². The molecule has 0 amide bonds. The van der Waals surface area contributed by atoms with Gasteiger partial charge in [0.25, 0.3) is 0 Å². The third-order valence-corrected chi connectivity index (χ3v) is 8.23. The number of sulfonamides is 1. The Morgan fingerprint density at radius 3 is 2.39 bits per heavy atom. The van der Waals surface area contributed by atoms with E-state index < -0.39 is 10.0 Å². The first-order valence-corrected chi connectivity index (χ1v) is 12.9. The normalized spacial score (nSPS) is 20.2. The maximum Gasteiger partial charge on any atom is 0.244 e. The molecule has 1 heterocycles. The maximum atomic E-state index is 13.2. The van der Waals surface area contributed by atoms with Crippen molar-refractivity contribution in [2.75, 3.05) is 25.1 Å². The molecule has 31 heavy (non-hydrogen) atoms. The van der Waals surface area contributed by atoms with E-state index in [0.29, 0.717) is 11.7 Å². The molecule has 1 fully saturated rings. The number of fused-ring (bicyclic) bond motifs is 1. The van der Waals surface area contributed by atoms with Gasteiger partial charge in [0, 0.05) is 24.8 Å². The Kier molecular flexibility index (Phi) is 6.58. The van der Waals surface area contributed by atoms with Crippen LogP contribution < -0.4 is 14.4 Å². The first-order chi connectivity index (χ1) is 14.9. The monoisotopic (exact) mass is 442 g/mol. The molecule has 6 heteroatoms. The van der Waals surface area contributed by atoms with Gasteiger partial charge in [0.05, 0.1) is 7.11 Å². The standard InChI is InChI=1S/C25H34N2O3S/c1-18-7-6-14-27(17-18)23-12-10-20(11-13-23)19(2)26-31(28,29)25-16-22-9-5-4-8-21(22)15-24(25)30-3/h10-13,15-16,18-19,26H,4-9,14,17H2,1-3H3/t18-,19-/m0/s1. The molecular weight excluding hydrogens is 408 g/mol. The van der Waals surface area contributed by atoms with E-state index >= 15 is 0 Å². The topological polar surface area (TPSA) is 58.6 Å². The predicted molar refractivity (Wildman–Crippen MR) is 125 cm³/mol. The zero-order valence-electron chi connectivity index (χ0n) is 18.9. The number of nitrogens with one attached hydrogen (secondary N) is 1. The van der Waals surface area contributed by atoms with Crippen molar-refractivity contribution in [3.63, 3.8) is 0 Å². The summed E-state index contributed by atoms with van der Waals surface area (Å²) in [6, 6.07) is 11.7. The fourth-order valence-corrected chi connectivity index (χ4v) is 6.31. The number of hydrogen-bond acceptors (Lipinski definition) is 4. The van der Waals surface area contributed by atoms with Gasteiger partial charge in [0.1, 0.15) is 10.6 Å². The Morgan fingerprint density at radius 2 is 1.74 bits per heavy atom. The van der Waals surface area contributed by atoms with Crippen molar-refractivity contribution in [1.29, 1.82) is 0 Å². The Morgan fingerprint density at radius 1 is 1.06 bits per heavy atom. The highest BCUT2D eigenvalue weighted by Gasteiger charge is 2.25. The number of anilines is 1. The molecule has 2 atom stereocenters. The summed E-state index contributed by atoms with van der Waals surface area (Å²) in [7, 11) is -2.17. The van der Waals surface area contributed by atoms with Crippen LogP contribution in [0.25, 0.3) is 0 Å². The largest absolute Gasteiger partial charge is 0.495 e. The second kappa shape index (κ2) is 9.21. The molecule has 1 aliphatic heterocycles. The van der Waals surface area contributed by atoms with E-state index in [1.54, 1.807) is 0 Å². The lowest BCUT2D eigenvalue weighted by molar-refractivity contribution is 0.400. The number of aryl methyl sites for hydroxylation is 2. The SMILES string of the molecule is COc1cc2c(cc1S(=O)(=O)N[C@@H](C)c1ccc(N3CCC[C@H](C)C3)cc1)CCCC2. The molecule has 2 aromatic rings. The molecule has 2 aromatic carbocycles. The maximum absolute atomic E-state index is 13.2.